The average molecular weight is 260 g/mol. The minimum Gasteiger partial charge on any atom is -0.332 e. The first-order valence-electron chi connectivity index (χ1n) is 5.85. The summed E-state index contributed by atoms with van der Waals surface area (Å²) in [5.41, 5.74) is 2.19. The second kappa shape index (κ2) is 5.64. The van der Waals surface area contributed by atoms with Crippen molar-refractivity contribution in [2.24, 2.45) is 0 Å². The summed E-state index contributed by atoms with van der Waals surface area (Å²) in [6.45, 7) is 4.94. The summed E-state index contributed by atoms with van der Waals surface area (Å²) in [6.07, 6.45) is 1.91. The molecule has 4 nitrogen and oxygen atoms in total. The van der Waals surface area contributed by atoms with Gasteiger partial charge in [0.2, 0.25) is 0 Å². The van der Waals surface area contributed by atoms with E-state index >= 15 is 0 Å². The van der Waals surface area contributed by atoms with Crippen LogP contribution in [-0.2, 0) is 6.54 Å². The van der Waals surface area contributed by atoms with Crippen LogP contribution in [0.2, 0.25) is 0 Å². The molecule has 94 valence electrons. The summed E-state index contributed by atoms with van der Waals surface area (Å²) in [4.78, 5) is 0. The fourth-order valence-corrected chi connectivity index (χ4v) is 1.74. The van der Waals surface area contributed by atoms with Crippen LogP contribution in [0, 0.1) is 6.92 Å². The Morgan fingerprint density at radius 1 is 1.22 bits per heavy atom. The van der Waals surface area contributed by atoms with Gasteiger partial charge in [0.15, 0.2) is 10.9 Å². The Kier molecular flexibility index (Phi) is 3.94. The first-order chi connectivity index (χ1) is 8.67. The lowest BCUT2D eigenvalue weighted by molar-refractivity contribution is 0.662. The maximum Gasteiger partial charge on any atom is 0.176 e. The molecule has 0 amide bonds. The first kappa shape index (κ1) is 12.6. The summed E-state index contributed by atoms with van der Waals surface area (Å²) < 4.78 is 1.84. The smallest absolute Gasteiger partial charge is 0.176 e. The topological polar surface area (TPSA) is 41.9 Å². The van der Waals surface area contributed by atoms with Crippen molar-refractivity contribution in [2.75, 3.05) is 10.6 Å². The molecule has 2 N–H and O–H groups in total. The van der Waals surface area contributed by atoms with Gasteiger partial charge in [-0.2, -0.15) is 5.10 Å². The normalized spacial score (nSPS) is 10.1. The Bertz CT molecular complexity index is 530. The van der Waals surface area contributed by atoms with Gasteiger partial charge in [-0.1, -0.05) is 17.7 Å². The lowest BCUT2D eigenvalue weighted by atomic mass is 10.2. The monoisotopic (exact) mass is 260 g/mol. The Hall–Kier alpha value is -1.88. The highest BCUT2D eigenvalue weighted by atomic mass is 32.1. The van der Waals surface area contributed by atoms with Gasteiger partial charge in [0, 0.05) is 24.5 Å². The number of benzene rings is 1. The standard InChI is InChI=1S/C13H16N4S/c1-3-17-9-8-12(16-17)15-13(18)14-11-6-4-10(2)5-7-11/h4-9H,3H2,1-2H3,(H2,14,15,16,18). The Morgan fingerprint density at radius 2 is 1.94 bits per heavy atom. The first-order valence-corrected chi connectivity index (χ1v) is 6.26. The molecule has 0 fully saturated rings. The van der Waals surface area contributed by atoms with Crippen molar-refractivity contribution in [2.45, 2.75) is 20.4 Å². The highest BCUT2D eigenvalue weighted by Crippen LogP contribution is 2.09. The number of thiocarbonyl (C=S) groups is 1. The van der Waals surface area contributed by atoms with Gasteiger partial charge in [-0.3, -0.25) is 4.68 Å². The van der Waals surface area contributed by atoms with Crippen molar-refractivity contribution < 1.29 is 0 Å². The molecule has 2 rings (SSSR count). The minimum absolute atomic E-state index is 0.542. The highest BCUT2D eigenvalue weighted by molar-refractivity contribution is 7.80. The summed E-state index contributed by atoms with van der Waals surface area (Å²) >= 11 is 5.22. The Labute approximate surface area is 112 Å². The SMILES string of the molecule is CCn1ccc(NC(=S)Nc2ccc(C)cc2)n1. The molecule has 18 heavy (non-hydrogen) atoms. The zero-order valence-corrected chi connectivity index (χ0v) is 11.3. The molecule has 0 spiro atoms. The van der Waals surface area contributed by atoms with Crippen LogP contribution in [0.5, 0.6) is 0 Å². The van der Waals surface area contributed by atoms with E-state index in [2.05, 4.69) is 22.7 Å². The van der Waals surface area contributed by atoms with Gasteiger partial charge in [0.05, 0.1) is 0 Å². The van der Waals surface area contributed by atoms with Crippen LogP contribution in [0.15, 0.2) is 36.5 Å². The number of aromatic nitrogens is 2. The molecule has 1 aromatic heterocycles. The lowest BCUT2D eigenvalue weighted by Crippen LogP contribution is -2.19. The van der Waals surface area contributed by atoms with Gasteiger partial charge in [0.1, 0.15) is 0 Å². The van der Waals surface area contributed by atoms with Gasteiger partial charge >= 0.3 is 0 Å². The predicted octanol–water partition coefficient (Wildman–Crippen LogP) is 3.02. The quantitative estimate of drug-likeness (QED) is 0.832. The maximum atomic E-state index is 5.22. The summed E-state index contributed by atoms with van der Waals surface area (Å²) in [7, 11) is 0. The third kappa shape index (κ3) is 3.30. The molecule has 0 atom stereocenters. The van der Waals surface area contributed by atoms with E-state index in [9.17, 15) is 0 Å². The van der Waals surface area contributed by atoms with E-state index in [0.717, 1.165) is 18.1 Å². The molecule has 0 radical (unpaired) electrons. The fourth-order valence-electron chi connectivity index (χ4n) is 1.52. The van der Waals surface area contributed by atoms with Crippen molar-refractivity contribution >= 4 is 28.8 Å². The zero-order chi connectivity index (χ0) is 13.0. The van der Waals surface area contributed by atoms with Gasteiger partial charge in [-0.15, -0.1) is 0 Å². The maximum absolute atomic E-state index is 5.22. The van der Waals surface area contributed by atoms with Crippen molar-refractivity contribution in [1.82, 2.24) is 9.78 Å². The number of aryl methyl sites for hydroxylation is 2. The summed E-state index contributed by atoms with van der Waals surface area (Å²) in [5.74, 6) is 0.751. The third-order valence-corrected chi connectivity index (χ3v) is 2.72. The number of hydrogen-bond donors (Lipinski definition) is 2. The van der Waals surface area contributed by atoms with Crippen LogP contribution in [0.3, 0.4) is 0 Å². The van der Waals surface area contributed by atoms with Crippen LogP contribution in [-0.4, -0.2) is 14.9 Å². The molecule has 0 aliphatic rings. The molecular formula is C13H16N4S. The Morgan fingerprint density at radius 3 is 2.56 bits per heavy atom. The van der Waals surface area contributed by atoms with E-state index in [4.69, 9.17) is 12.2 Å². The molecule has 0 aliphatic carbocycles. The molecular weight excluding hydrogens is 244 g/mol. The van der Waals surface area contributed by atoms with Gasteiger partial charge < -0.3 is 10.6 Å². The molecule has 0 saturated heterocycles. The Balaban J connectivity index is 1.94. The molecule has 5 heteroatoms. The molecule has 1 heterocycles. The molecule has 0 aliphatic heterocycles. The third-order valence-electron chi connectivity index (χ3n) is 2.52. The van der Waals surface area contributed by atoms with Crippen LogP contribution in [0.4, 0.5) is 11.5 Å². The second-order valence-electron chi connectivity index (χ2n) is 4.00. The van der Waals surface area contributed by atoms with Crippen LogP contribution < -0.4 is 10.6 Å². The number of anilines is 2. The lowest BCUT2D eigenvalue weighted by Gasteiger charge is -2.08. The zero-order valence-electron chi connectivity index (χ0n) is 10.5. The van der Waals surface area contributed by atoms with Gasteiger partial charge in [-0.05, 0) is 38.2 Å². The van der Waals surface area contributed by atoms with Crippen LogP contribution in [0.1, 0.15) is 12.5 Å². The molecule has 2 aromatic rings. The van der Waals surface area contributed by atoms with Crippen LogP contribution in [0.25, 0.3) is 0 Å². The summed E-state index contributed by atoms with van der Waals surface area (Å²) in [6, 6.07) is 9.96. The van der Waals surface area contributed by atoms with Crippen molar-refractivity contribution in [3.63, 3.8) is 0 Å². The highest BCUT2D eigenvalue weighted by Gasteiger charge is 2.01. The van der Waals surface area contributed by atoms with Gasteiger partial charge in [0.25, 0.3) is 0 Å². The van der Waals surface area contributed by atoms with E-state index in [1.54, 1.807) is 0 Å². The van der Waals surface area contributed by atoms with Gasteiger partial charge in [-0.25, -0.2) is 0 Å². The largest absolute Gasteiger partial charge is 0.332 e. The fraction of sp³-hybridized carbons (Fsp3) is 0.231. The molecule has 0 saturated carbocycles. The number of nitrogens with zero attached hydrogens (tertiary/aromatic N) is 2. The van der Waals surface area contributed by atoms with Crippen molar-refractivity contribution in [3.8, 4) is 0 Å². The average Bonchev–Trinajstić information content (AvgIpc) is 2.79. The van der Waals surface area contributed by atoms with E-state index in [1.807, 2.05) is 48.1 Å². The molecule has 0 unspecified atom stereocenters. The van der Waals surface area contributed by atoms with E-state index < -0.39 is 0 Å². The van der Waals surface area contributed by atoms with E-state index in [1.165, 1.54) is 5.56 Å². The number of hydrogen-bond acceptors (Lipinski definition) is 2. The summed E-state index contributed by atoms with van der Waals surface area (Å²) in [5, 5.41) is 11.0. The van der Waals surface area contributed by atoms with Crippen molar-refractivity contribution in [1.29, 1.82) is 0 Å². The molecule has 1 aromatic carbocycles. The van der Waals surface area contributed by atoms with E-state index in [-0.39, 0.29) is 0 Å². The predicted molar refractivity (Wildman–Crippen MR) is 78.9 cm³/mol. The van der Waals surface area contributed by atoms with Crippen molar-refractivity contribution in [3.05, 3.63) is 42.1 Å². The number of nitrogens with one attached hydrogen (secondary N) is 2. The number of rotatable bonds is 3. The second-order valence-corrected chi connectivity index (χ2v) is 4.41. The molecule has 0 bridgehead atoms. The van der Waals surface area contributed by atoms with E-state index in [0.29, 0.717) is 5.11 Å². The minimum atomic E-state index is 0.542. The van der Waals surface area contributed by atoms with Crippen LogP contribution >= 0.6 is 12.2 Å².